The molecule has 0 saturated carbocycles. The molecule has 0 aliphatic carbocycles. The molecular weight excluding hydrogens is 242 g/mol. The molecule has 0 bridgehead atoms. The minimum absolute atomic E-state index is 0.584. The van der Waals surface area contributed by atoms with Gasteiger partial charge in [-0.25, -0.2) is 4.98 Å². The molecule has 1 unspecified atom stereocenters. The van der Waals surface area contributed by atoms with Gasteiger partial charge in [0.15, 0.2) is 0 Å². The largest absolute Gasteiger partial charge is 0.381 e. The first kappa shape index (κ1) is 11.7. The number of nitrogens with one attached hydrogen (secondary N) is 1. The number of benzene rings is 1. The lowest BCUT2D eigenvalue weighted by Crippen LogP contribution is -2.23. The predicted molar refractivity (Wildman–Crippen MR) is 77.1 cm³/mol. The summed E-state index contributed by atoms with van der Waals surface area (Å²) >= 11 is 1.68. The van der Waals surface area contributed by atoms with Crippen LogP contribution in [0.1, 0.15) is 6.42 Å². The molecule has 1 saturated heterocycles. The zero-order valence-electron chi connectivity index (χ0n) is 10.5. The van der Waals surface area contributed by atoms with E-state index in [-0.39, 0.29) is 0 Å². The van der Waals surface area contributed by atoms with E-state index >= 15 is 0 Å². The van der Waals surface area contributed by atoms with E-state index in [1.54, 1.807) is 11.3 Å². The summed E-state index contributed by atoms with van der Waals surface area (Å²) in [4.78, 5) is 6.68. The lowest BCUT2D eigenvalue weighted by molar-refractivity contribution is 0.414. The van der Waals surface area contributed by atoms with Crippen molar-refractivity contribution in [3.8, 4) is 10.6 Å². The first-order valence-corrected chi connectivity index (χ1v) is 7.14. The van der Waals surface area contributed by atoms with E-state index in [1.807, 2.05) is 11.6 Å². The topological polar surface area (TPSA) is 28.2 Å². The predicted octanol–water partition coefficient (Wildman–Crippen LogP) is 2.93. The third-order valence-electron chi connectivity index (χ3n) is 3.33. The first-order valence-electron chi connectivity index (χ1n) is 6.26. The van der Waals surface area contributed by atoms with E-state index in [4.69, 9.17) is 0 Å². The number of hydrogen-bond acceptors (Lipinski definition) is 4. The molecule has 3 rings (SSSR count). The average Bonchev–Trinajstić information content (AvgIpc) is 3.02. The Balaban J connectivity index is 1.68. The number of anilines is 1. The molecule has 0 amide bonds. The van der Waals surface area contributed by atoms with Gasteiger partial charge in [-0.3, -0.25) is 0 Å². The van der Waals surface area contributed by atoms with Crippen LogP contribution in [-0.4, -0.2) is 36.1 Å². The molecule has 1 fully saturated rings. The standard InChI is InChI=1S/C14H17N3S/c1-17-8-6-13(10-17)16-12-4-2-11(3-5-12)14-15-7-9-18-14/h2-5,7,9,13,16H,6,8,10H2,1H3. The molecule has 1 atom stereocenters. The van der Waals surface area contributed by atoms with Crippen molar-refractivity contribution < 1.29 is 0 Å². The molecule has 2 heterocycles. The van der Waals surface area contributed by atoms with Crippen molar-refractivity contribution in [2.45, 2.75) is 12.5 Å². The Bertz CT molecular complexity index is 492. The third kappa shape index (κ3) is 2.54. The van der Waals surface area contributed by atoms with Gasteiger partial charge in [-0.05, 0) is 44.3 Å². The number of likely N-dealkylation sites (tertiary alicyclic amines) is 1. The van der Waals surface area contributed by atoms with Gasteiger partial charge in [-0.1, -0.05) is 0 Å². The van der Waals surface area contributed by atoms with Gasteiger partial charge in [-0.15, -0.1) is 11.3 Å². The second-order valence-corrected chi connectivity index (χ2v) is 5.70. The fourth-order valence-corrected chi connectivity index (χ4v) is 3.01. The summed E-state index contributed by atoms with van der Waals surface area (Å²) in [5, 5.41) is 6.68. The van der Waals surface area contributed by atoms with Gasteiger partial charge >= 0.3 is 0 Å². The molecule has 1 aromatic heterocycles. The lowest BCUT2D eigenvalue weighted by atomic mass is 10.2. The number of hydrogen-bond donors (Lipinski definition) is 1. The molecule has 18 heavy (non-hydrogen) atoms. The summed E-state index contributed by atoms with van der Waals surface area (Å²) in [7, 11) is 2.17. The molecule has 2 aromatic rings. The summed E-state index contributed by atoms with van der Waals surface area (Å²) in [6, 6.07) is 9.16. The van der Waals surface area contributed by atoms with Crippen LogP contribution in [0, 0.1) is 0 Å². The van der Waals surface area contributed by atoms with Crippen molar-refractivity contribution in [1.29, 1.82) is 0 Å². The van der Waals surface area contributed by atoms with Crippen molar-refractivity contribution >= 4 is 17.0 Å². The van der Waals surface area contributed by atoms with Crippen molar-refractivity contribution in [3.63, 3.8) is 0 Å². The van der Waals surface area contributed by atoms with Crippen LogP contribution in [0.15, 0.2) is 35.8 Å². The maximum absolute atomic E-state index is 4.32. The normalized spacial score (nSPS) is 20.2. The Morgan fingerprint density at radius 1 is 1.33 bits per heavy atom. The third-order valence-corrected chi connectivity index (χ3v) is 4.15. The Morgan fingerprint density at radius 3 is 2.78 bits per heavy atom. The lowest BCUT2D eigenvalue weighted by Gasteiger charge is -2.14. The molecule has 1 aliphatic rings. The van der Waals surface area contributed by atoms with Crippen LogP contribution in [0.3, 0.4) is 0 Å². The number of aromatic nitrogens is 1. The minimum Gasteiger partial charge on any atom is -0.381 e. The Morgan fingerprint density at radius 2 is 2.17 bits per heavy atom. The van der Waals surface area contributed by atoms with Gasteiger partial charge in [0.1, 0.15) is 5.01 Å². The van der Waals surface area contributed by atoms with Gasteiger partial charge in [0.2, 0.25) is 0 Å². The van der Waals surface area contributed by atoms with Gasteiger partial charge in [-0.2, -0.15) is 0 Å². The molecule has 0 spiro atoms. The highest BCUT2D eigenvalue weighted by atomic mass is 32.1. The summed E-state index contributed by atoms with van der Waals surface area (Å²) in [5.74, 6) is 0. The second-order valence-electron chi connectivity index (χ2n) is 4.81. The fraction of sp³-hybridized carbons (Fsp3) is 0.357. The van der Waals surface area contributed by atoms with Crippen LogP contribution in [0.25, 0.3) is 10.6 Å². The zero-order chi connectivity index (χ0) is 12.4. The average molecular weight is 259 g/mol. The molecular formula is C14H17N3S. The first-order chi connectivity index (χ1) is 8.81. The maximum Gasteiger partial charge on any atom is 0.123 e. The Labute approximate surface area is 111 Å². The molecule has 3 nitrogen and oxygen atoms in total. The highest BCUT2D eigenvalue weighted by molar-refractivity contribution is 7.13. The van der Waals surface area contributed by atoms with Gasteiger partial charge in [0, 0.05) is 35.4 Å². The van der Waals surface area contributed by atoms with E-state index in [0.717, 1.165) is 11.6 Å². The number of rotatable bonds is 3. The van der Waals surface area contributed by atoms with Gasteiger partial charge in [0.05, 0.1) is 0 Å². The van der Waals surface area contributed by atoms with Gasteiger partial charge < -0.3 is 10.2 Å². The van der Waals surface area contributed by atoms with Crippen LogP contribution < -0.4 is 5.32 Å². The highest BCUT2D eigenvalue weighted by Crippen LogP contribution is 2.24. The summed E-state index contributed by atoms with van der Waals surface area (Å²) in [6.07, 6.45) is 3.07. The van der Waals surface area contributed by atoms with Gasteiger partial charge in [0.25, 0.3) is 0 Å². The Kier molecular flexibility index (Phi) is 3.30. The molecule has 94 valence electrons. The minimum atomic E-state index is 0.584. The van der Waals surface area contributed by atoms with E-state index in [2.05, 4.69) is 46.5 Å². The van der Waals surface area contributed by atoms with Crippen molar-refractivity contribution in [3.05, 3.63) is 35.8 Å². The van der Waals surface area contributed by atoms with Crippen molar-refractivity contribution in [2.24, 2.45) is 0 Å². The molecule has 0 radical (unpaired) electrons. The quantitative estimate of drug-likeness (QED) is 0.918. The van der Waals surface area contributed by atoms with E-state index in [0.29, 0.717) is 6.04 Å². The van der Waals surface area contributed by atoms with E-state index < -0.39 is 0 Å². The SMILES string of the molecule is CN1CCC(Nc2ccc(-c3nccs3)cc2)C1. The fourth-order valence-electron chi connectivity index (χ4n) is 2.36. The molecule has 1 N–H and O–H groups in total. The van der Waals surface area contributed by atoms with E-state index in [9.17, 15) is 0 Å². The monoisotopic (exact) mass is 259 g/mol. The van der Waals surface area contributed by atoms with Crippen molar-refractivity contribution in [2.75, 3.05) is 25.5 Å². The summed E-state index contributed by atoms with van der Waals surface area (Å²) < 4.78 is 0. The van der Waals surface area contributed by atoms with Crippen LogP contribution >= 0.6 is 11.3 Å². The van der Waals surface area contributed by atoms with Crippen LogP contribution in [0.2, 0.25) is 0 Å². The van der Waals surface area contributed by atoms with Crippen LogP contribution in [0.4, 0.5) is 5.69 Å². The van der Waals surface area contributed by atoms with Crippen LogP contribution in [0.5, 0.6) is 0 Å². The number of thiazole rings is 1. The van der Waals surface area contributed by atoms with Crippen LogP contribution in [-0.2, 0) is 0 Å². The maximum atomic E-state index is 4.32. The Hall–Kier alpha value is -1.39. The number of nitrogens with zero attached hydrogens (tertiary/aromatic N) is 2. The summed E-state index contributed by atoms with van der Waals surface area (Å²) in [6.45, 7) is 2.32. The second kappa shape index (κ2) is 5.08. The molecule has 4 heteroatoms. The smallest absolute Gasteiger partial charge is 0.123 e. The van der Waals surface area contributed by atoms with E-state index in [1.165, 1.54) is 24.2 Å². The molecule has 1 aliphatic heterocycles. The van der Waals surface area contributed by atoms with Crippen molar-refractivity contribution in [1.82, 2.24) is 9.88 Å². The number of likely N-dealkylation sites (N-methyl/N-ethyl adjacent to an activating group) is 1. The molecule has 1 aromatic carbocycles. The summed E-state index contributed by atoms with van der Waals surface area (Å²) in [5.41, 5.74) is 2.40. The highest BCUT2D eigenvalue weighted by Gasteiger charge is 2.18. The zero-order valence-corrected chi connectivity index (χ0v) is 11.3.